The first-order valence-corrected chi connectivity index (χ1v) is 4.82. The number of hydrogen-bond acceptors (Lipinski definition) is 1. The SMILES string of the molecule is CCCC(CC)(CC)CC(=O)O. The standard InChI is InChI=1S/C10H20O2/c1-4-7-10(5-2,6-3)8-9(11)12/h4-8H2,1-3H3,(H,11,12). The van der Waals surface area contributed by atoms with E-state index in [0.29, 0.717) is 6.42 Å². The summed E-state index contributed by atoms with van der Waals surface area (Å²) in [7, 11) is 0. The van der Waals surface area contributed by atoms with Gasteiger partial charge in [-0.3, -0.25) is 4.79 Å². The van der Waals surface area contributed by atoms with Crippen LogP contribution >= 0.6 is 0 Å². The molecule has 0 heterocycles. The summed E-state index contributed by atoms with van der Waals surface area (Å²) in [6, 6.07) is 0. The Hall–Kier alpha value is -0.530. The van der Waals surface area contributed by atoms with E-state index in [0.717, 1.165) is 25.7 Å². The second-order valence-corrected chi connectivity index (χ2v) is 3.53. The number of hydrogen-bond donors (Lipinski definition) is 1. The van der Waals surface area contributed by atoms with Gasteiger partial charge in [0, 0.05) is 0 Å². The molecule has 0 saturated heterocycles. The molecule has 0 bridgehead atoms. The largest absolute Gasteiger partial charge is 0.481 e. The molecule has 0 aliphatic rings. The third kappa shape index (κ3) is 3.24. The molecule has 1 N–H and O–H groups in total. The molecule has 12 heavy (non-hydrogen) atoms. The molecule has 0 amide bonds. The topological polar surface area (TPSA) is 37.3 Å². The third-order valence-corrected chi connectivity index (χ3v) is 2.81. The van der Waals surface area contributed by atoms with Crippen LogP contribution in [0.5, 0.6) is 0 Å². The zero-order valence-corrected chi connectivity index (χ0v) is 8.39. The molecule has 0 aromatic heterocycles. The van der Waals surface area contributed by atoms with E-state index in [1.807, 2.05) is 0 Å². The van der Waals surface area contributed by atoms with Crippen LogP contribution in [0.2, 0.25) is 0 Å². The van der Waals surface area contributed by atoms with Crippen molar-refractivity contribution >= 4 is 5.97 Å². The fraction of sp³-hybridized carbons (Fsp3) is 0.900. The Labute approximate surface area is 75.0 Å². The van der Waals surface area contributed by atoms with Gasteiger partial charge in [-0.05, 0) is 24.7 Å². The van der Waals surface area contributed by atoms with Crippen molar-refractivity contribution in [3.63, 3.8) is 0 Å². The van der Waals surface area contributed by atoms with Gasteiger partial charge in [0.05, 0.1) is 6.42 Å². The van der Waals surface area contributed by atoms with E-state index in [4.69, 9.17) is 5.11 Å². The van der Waals surface area contributed by atoms with Crippen molar-refractivity contribution in [2.24, 2.45) is 5.41 Å². The average Bonchev–Trinajstić information content (AvgIpc) is 2.03. The normalized spacial score (nSPS) is 11.6. The highest BCUT2D eigenvalue weighted by molar-refractivity contribution is 5.67. The Morgan fingerprint density at radius 1 is 1.25 bits per heavy atom. The van der Waals surface area contributed by atoms with Crippen LogP contribution in [0.3, 0.4) is 0 Å². The first-order valence-electron chi connectivity index (χ1n) is 4.82. The molecule has 0 rings (SSSR count). The van der Waals surface area contributed by atoms with Gasteiger partial charge in [-0.2, -0.15) is 0 Å². The first kappa shape index (κ1) is 11.5. The number of aliphatic carboxylic acids is 1. The number of carboxylic acids is 1. The Balaban J connectivity index is 4.23. The minimum atomic E-state index is -0.660. The van der Waals surface area contributed by atoms with Crippen LogP contribution in [-0.2, 0) is 4.79 Å². The molecule has 0 radical (unpaired) electrons. The van der Waals surface area contributed by atoms with E-state index in [1.165, 1.54) is 0 Å². The molecule has 0 atom stereocenters. The maximum absolute atomic E-state index is 10.6. The quantitative estimate of drug-likeness (QED) is 0.668. The minimum absolute atomic E-state index is 0.0561. The van der Waals surface area contributed by atoms with Gasteiger partial charge in [-0.25, -0.2) is 0 Å². The first-order chi connectivity index (χ1) is 5.60. The van der Waals surface area contributed by atoms with Gasteiger partial charge >= 0.3 is 5.97 Å². The lowest BCUT2D eigenvalue weighted by molar-refractivity contribution is -0.140. The molecular weight excluding hydrogens is 152 g/mol. The lowest BCUT2D eigenvalue weighted by Crippen LogP contribution is -2.22. The predicted molar refractivity (Wildman–Crippen MR) is 50.2 cm³/mol. The van der Waals surface area contributed by atoms with E-state index in [9.17, 15) is 4.79 Å². The molecule has 0 fully saturated rings. The van der Waals surface area contributed by atoms with E-state index in [-0.39, 0.29) is 5.41 Å². The molecule has 0 unspecified atom stereocenters. The summed E-state index contributed by atoms with van der Waals surface area (Å²) in [6.07, 6.45) is 4.39. The summed E-state index contributed by atoms with van der Waals surface area (Å²) in [5, 5.41) is 8.74. The van der Waals surface area contributed by atoms with Crippen molar-refractivity contribution in [2.75, 3.05) is 0 Å². The number of carboxylic acid groups (broad SMARTS) is 1. The predicted octanol–water partition coefficient (Wildman–Crippen LogP) is 3.07. The zero-order chi connectivity index (χ0) is 9.61. The molecule has 2 nitrogen and oxygen atoms in total. The zero-order valence-electron chi connectivity index (χ0n) is 8.39. The maximum Gasteiger partial charge on any atom is 0.303 e. The Kier molecular flexibility index (Phi) is 4.95. The highest BCUT2D eigenvalue weighted by atomic mass is 16.4. The highest BCUT2D eigenvalue weighted by Gasteiger charge is 2.27. The van der Waals surface area contributed by atoms with Crippen molar-refractivity contribution in [1.29, 1.82) is 0 Å². The molecule has 0 saturated carbocycles. The van der Waals surface area contributed by atoms with Gasteiger partial charge in [0.25, 0.3) is 0 Å². The average molecular weight is 172 g/mol. The molecule has 72 valence electrons. The second-order valence-electron chi connectivity index (χ2n) is 3.53. The summed E-state index contributed by atoms with van der Waals surface area (Å²) in [5.74, 6) is -0.660. The summed E-state index contributed by atoms with van der Waals surface area (Å²) < 4.78 is 0. The Bertz CT molecular complexity index is 137. The van der Waals surface area contributed by atoms with Gasteiger partial charge < -0.3 is 5.11 Å². The Morgan fingerprint density at radius 3 is 2.00 bits per heavy atom. The van der Waals surface area contributed by atoms with Crippen molar-refractivity contribution in [2.45, 2.75) is 52.9 Å². The summed E-state index contributed by atoms with van der Waals surface area (Å²) in [4.78, 5) is 10.6. The molecule has 0 spiro atoms. The lowest BCUT2D eigenvalue weighted by atomic mass is 9.76. The van der Waals surface area contributed by atoms with E-state index < -0.39 is 5.97 Å². The number of carbonyl (C=O) groups is 1. The van der Waals surface area contributed by atoms with Crippen LogP contribution in [0.1, 0.15) is 52.9 Å². The fourth-order valence-corrected chi connectivity index (χ4v) is 1.79. The third-order valence-electron chi connectivity index (χ3n) is 2.81. The van der Waals surface area contributed by atoms with Gasteiger partial charge in [0.2, 0.25) is 0 Å². The highest BCUT2D eigenvalue weighted by Crippen LogP contribution is 2.35. The fourth-order valence-electron chi connectivity index (χ4n) is 1.79. The van der Waals surface area contributed by atoms with E-state index >= 15 is 0 Å². The van der Waals surface area contributed by atoms with Crippen molar-refractivity contribution < 1.29 is 9.90 Å². The molecule has 2 heteroatoms. The lowest BCUT2D eigenvalue weighted by Gasteiger charge is -2.29. The van der Waals surface area contributed by atoms with E-state index in [1.54, 1.807) is 0 Å². The minimum Gasteiger partial charge on any atom is -0.481 e. The number of rotatable bonds is 6. The van der Waals surface area contributed by atoms with Crippen LogP contribution < -0.4 is 0 Å². The molecule has 0 aromatic rings. The maximum atomic E-state index is 10.6. The summed E-state index contributed by atoms with van der Waals surface area (Å²) in [5.41, 5.74) is 0.0561. The van der Waals surface area contributed by atoms with Gasteiger partial charge in [-0.1, -0.05) is 27.2 Å². The van der Waals surface area contributed by atoms with Crippen LogP contribution in [-0.4, -0.2) is 11.1 Å². The van der Waals surface area contributed by atoms with Gasteiger partial charge in [0.15, 0.2) is 0 Å². The van der Waals surface area contributed by atoms with Crippen LogP contribution in [0.4, 0.5) is 0 Å². The monoisotopic (exact) mass is 172 g/mol. The van der Waals surface area contributed by atoms with Crippen LogP contribution in [0.15, 0.2) is 0 Å². The Morgan fingerprint density at radius 2 is 1.75 bits per heavy atom. The van der Waals surface area contributed by atoms with Crippen molar-refractivity contribution in [3.05, 3.63) is 0 Å². The van der Waals surface area contributed by atoms with Crippen molar-refractivity contribution in [3.8, 4) is 0 Å². The van der Waals surface area contributed by atoms with Crippen LogP contribution in [0, 0.1) is 5.41 Å². The van der Waals surface area contributed by atoms with Crippen molar-refractivity contribution in [1.82, 2.24) is 0 Å². The molecule has 0 aliphatic heterocycles. The van der Waals surface area contributed by atoms with Crippen LogP contribution in [0.25, 0.3) is 0 Å². The molecular formula is C10H20O2. The summed E-state index contributed by atoms with van der Waals surface area (Å²) >= 11 is 0. The second kappa shape index (κ2) is 5.18. The van der Waals surface area contributed by atoms with Gasteiger partial charge in [0.1, 0.15) is 0 Å². The molecule has 0 aliphatic carbocycles. The van der Waals surface area contributed by atoms with Gasteiger partial charge in [-0.15, -0.1) is 0 Å². The van der Waals surface area contributed by atoms with E-state index in [2.05, 4.69) is 20.8 Å². The smallest absolute Gasteiger partial charge is 0.303 e. The summed E-state index contributed by atoms with van der Waals surface area (Å²) in [6.45, 7) is 6.28. The molecule has 0 aromatic carbocycles.